The number of allylic oxidation sites excluding steroid dienone is 3. The molecule has 1 unspecified atom stereocenters. The van der Waals surface area contributed by atoms with E-state index in [2.05, 4.69) is 37.9 Å². The van der Waals surface area contributed by atoms with Gasteiger partial charge in [0.1, 0.15) is 6.10 Å². The lowest BCUT2D eigenvalue weighted by molar-refractivity contribution is -0.162. The Bertz CT molecular complexity index is 528. The molecule has 4 heteroatoms. The van der Waals surface area contributed by atoms with E-state index in [4.69, 9.17) is 4.74 Å². The van der Waals surface area contributed by atoms with Crippen LogP contribution in [0.25, 0.3) is 0 Å². The molecule has 0 radical (unpaired) electrons. The summed E-state index contributed by atoms with van der Waals surface area (Å²) in [5.74, 6) is 0.457. The van der Waals surface area contributed by atoms with E-state index in [1.807, 2.05) is 0 Å². The molecule has 3 nitrogen and oxygen atoms in total. The van der Waals surface area contributed by atoms with E-state index >= 15 is 0 Å². The molecule has 2 aliphatic heterocycles. The maximum absolute atomic E-state index is 13.3. The van der Waals surface area contributed by atoms with Crippen molar-refractivity contribution in [1.29, 1.82) is 0 Å². The minimum absolute atomic E-state index is 0.0254. The Balaban J connectivity index is 1.76. The van der Waals surface area contributed by atoms with Gasteiger partial charge < -0.3 is 9.64 Å². The van der Waals surface area contributed by atoms with Gasteiger partial charge in [-0.2, -0.15) is 0 Å². The quantitative estimate of drug-likeness (QED) is 0.685. The third kappa shape index (κ3) is 3.75. The molecule has 0 N–H and O–H groups in total. The average molecular weight is 350 g/mol. The van der Waals surface area contributed by atoms with Gasteiger partial charge in [-0.25, -0.2) is 0 Å². The van der Waals surface area contributed by atoms with Crippen LogP contribution in [0.3, 0.4) is 0 Å². The van der Waals surface area contributed by atoms with E-state index in [1.165, 1.54) is 22.7 Å². The van der Waals surface area contributed by atoms with E-state index in [0.717, 1.165) is 45.2 Å². The zero-order valence-electron chi connectivity index (χ0n) is 15.3. The van der Waals surface area contributed by atoms with Crippen LogP contribution in [0.15, 0.2) is 22.0 Å². The SMILES string of the molecule is CC1=CCC=C(C(C)(C(=O)OC2CCN(C)CC2)C2CCCC2)S1. The first kappa shape index (κ1) is 18.1. The van der Waals surface area contributed by atoms with Gasteiger partial charge in [0.25, 0.3) is 0 Å². The van der Waals surface area contributed by atoms with Crippen molar-refractivity contribution in [1.82, 2.24) is 4.90 Å². The summed E-state index contributed by atoms with van der Waals surface area (Å²) < 4.78 is 6.07. The van der Waals surface area contributed by atoms with Crippen molar-refractivity contribution in [3.63, 3.8) is 0 Å². The van der Waals surface area contributed by atoms with Crippen LogP contribution in [0.2, 0.25) is 0 Å². The van der Waals surface area contributed by atoms with Crippen LogP contribution in [0.4, 0.5) is 0 Å². The van der Waals surface area contributed by atoms with Crippen molar-refractivity contribution < 1.29 is 9.53 Å². The summed E-state index contributed by atoms with van der Waals surface area (Å²) in [6.45, 7) is 6.35. The highest BCUT2D eigenvalue weighted by Crippen LogP contribution is 2.52. The number of thioether (sulfide) groups is 1. The molecule has 134 valence electrons. The van der Waals surface area contributed by atoms with Gasteiger partial charge in [0.15, 0.2) is 0 Å². The number of piperidine rings is 1. The standard InChI is InChI=1S/C20H31NO2S/c1-15-7-6-10-18(24-15)20(2,16-8-4-5-9-16)19(22)23-17-11-13-21(3)14-12-17/h7,10,16-17H,4-6,8-9,11-14H2,1-3H3. The largest absolute Gasteiger partial charge is 0.462 e. The lowest BCUT2D eigenvalue weighted by Gasteiger charge is -2.38. The Labute approximate surface area is 150 Å². The molecule has 1 atom stereocenters. The van der Waals surface area contributed by atoms with Crippen LogP contribution in [-0.2, 0) is 9.53 Å². The van der Waals surface area contributed by atoms with Gasteiger partial charge in [-0.3, -0.25) is 4.79 Å². The fraction of sp³-hybridized carbons (Fsp3) is 0.750. The zero-order chi connectivity index (χ0) is 17.2. The molecule has 2 heterocycles. The maximum atomic E-state index is 13.3. The average Bonchev–Trinajstić information content (AvgIpc) is 3.11. The second kappa shape index (κ2) is 7.65. The highest BCUT2D eigenvalue weighted by atomic mass is 32.2. The van der Waals surface area contributed by atoms with Gasteiger partial charge in [0, 0.05) is 18.0 Å². The number of rotatable bonds is 4. The minimum atomic E-state index is -0.458. The van der Waals surface area contributed by atoms with E-state index in [-0.39, 0.29) is 12.1 Å². The maximum Gasteiger partial charge on any atom is 0.317 e. The molecule has 2 fully saturated rings. The molecule has 1 saturated heterocycles. The van der Waals surface area contributed by atoms with Gasteiger partial charge in [-0.15, -0.1) is 0 Å². The van der Waals surface area contributed by atoms with E-state index in [1.54, 1.807) is 11.8 Å². The predicted octanol–water partition coefficient (Wildman–Crippen LogP) is 4.74. The summed E-state index contributed by atoms with van der Waals surface area (Å²) in [6, 6.07) is 0. The Hall–Kier alpha value is -0.740. The summed E-state index contributed by atoms with van der Waals surface area (Å²) >= 11 is 1.78. The van der Waals surface area contributed by atoms with Crippen LogP contribution in [0, 0.1) is 11.3 Å². The fourth-order valence-electron chi connectivity index (χ4n) is 4.25. The summed E-state index contributed by atoms with van der Waals surface area (Å²) in [5.41, 5.74) is -0.458. The smallest absolute Gasteiger partial charge is 0.317 e. The summed E-state index contributed by atoms with van der Waals surface area (Å²) in [4.78, 5) is 18.1. The molecule has 0 aromatic rings. The van der Waals surface area contributed by atoms with Crippen molar-refractivity contribution in [2.75, 3.05) is 20.1 Å². The van der Waals surface area contributed by atoms with Crippen molar-refractivity contribution in [2.24, 2.45) is 11.3 Å². The first-order valence-corrected chi connectivity index (χ1v) is 10.3. The number of hydrogen-bond donors (Lipinski definition) is 0. The van der Waals surface area contributed by atoms with Gasteiger partial charge in [0.2, 0.25) is 0 Å². The molecule has 0 amide bonds. The number of nitrogens with zero attached hydrogens (tertiary/aromatic N) is 1. The van der Waals surface area contributed by atoms with Crippen molar-refractivity contribution in [3.8, 4) is 0 Å². The number of esters is 1. The topological polar surface area (TPSA) is 29.5 Å². The molecule has 1 saturated carbocycles. The van der Waals surface area contributed by atoms with Crippen molar-refractivity contribution in [2.45, 2.75) is 64.9 Å². The minimum Gasteiger partial charge on any atom is -0.462 e. The third-order valence-corrected chi connectivity index (χ3v) is 7.33. The monoisotopic (exact) mass is 349 g/mol. The molecule has 24 heavy (non-hydrogen) atoms. The lowest BCUT2D eigenvalue weighted by atomic mass is 9.75. The number of ether oxygens (including phenoxy) is 1. The lowest BCUT2D eigenvalue weighted by Crippen LogP contribution is -2.42. The van der Waals surface area contributed by atoms with Crippen molar-refractivity contribution >= 4 is 17.7 Å². The highest BCUT2D eigenvalue weighted by Gasteiger charge is 2.48. The molecular weight excluding hydrogens is 318 g/mol. The third-order valence-electron chi connectivity index (χ3n) is 6.03. The Kier molecular flexibility index (Phi) is 5.76. The van der Waals surface area contributed by atoms with Gasteiger partial charge in [-0.1, -0.05) is 36.8 Å². The number of likely N-dealkylation sites (tertiary alicyclic amines) is 1. The van der Waals surface area contributed by atoms with Crippen LogP contribution in [0.1, 0.15) is 58.8 Å². The van der Waals surface area contributed by atoms with E-state index < -0.39 is 5.41 Å². The zero-order valence-corrected chi connectivity index (χ0v) is 16.2. The molecule has 0 bridgehead atoms. The van der Waals surface area contributed by atoms with Gasteiger partial charge in [-0.05, 0) is 63.8 Å². The Morgan fingerprint density at radius 1 is 1.21 bits per heavy atom. The first-order valence-electron chi connectivity index (χ1n) is 9.45. The number of carbonyl (C=O) groups excluding carboxylic acids is 1. The molecular formula is C20H31NO2S. The van der Waals surface area contributed by atoms with Crippen LogP contribution in [0.5, 0.6) is 0 Å². The highest BCUT2D eigenvalue weighted by molar-refractivity contribution is 8.06. The van der Waals surface area contributed by atoms with Gasteiger partial charge in [0.05, 0.1) is 5.41 Å². The molecule has 3 rings (SSSR count). The molecule has 1 aliphatic carbocycles. The Morgan fingerprint density at radius 2 is 1.88 bits per heavy atom. The van der Waals surface area contributed by atoms with Crippen LogP contribution < -0.4 is 0 Å². The molecule has 0 spiro atoms. The summed E-state index contributed by atoms with van der Waals surface area (Å²) in [5, 5.41) is 0. The Morgan fingerprint density at radius 3 is 2.50 bits per heavy atom. The summed E-state index contributed by atoms with van der Waals surface area (Å²) in [6.07, 6.45) is 12.3. The predicted molar refractivity (Wildman–Crippen MR) is 101 cm³/mol. The van der Waals surface area contributed by atoms with E-state index in [9.17, 15) is 4.79 Å². The molecule has 0 aromatic carbocycles. The van der Waals surface area contributed by atoms with Crippen LogP contribution in [-0.4, -0.2) is 37.1 Å². The number of hydrogen-bond acceptors (Lipinski definition) is 4. The van der Waals surface area contributed by atoms with Crippen molar-refractivity contribution in [3.05, 3.63) is 22.0 Å². The molecule has 0 aromatic heterocycles. The van der Waals surface area contributed by atoms with Gasteiger partial charge >= 0.3 is 5.97 Å². The van der Waals surface area contributed by atoms with E-state index in [0.29, 0.717) is 5.92 Å². The fourth-order valence-corrected chi connectivity index (χ4v) is 5.42. The second-order valence-electron chi connectivity index (χ2n) is 7.81. The van der Waals surface area contributed by atoms with Crippen LogP contribution >= 0.6 is 11.8 Å². The number of carbonyl (C=O) groups is 1. The molecule has 3 aliphatic rings. The normalized spacial score (nSPS) is 26.6. The second-order valence-corrected chi connectivity index (χ2v) is 9.10. The summed E-state index contributed by atoms with van der Waals surface area (Å²) in [7, 11) is 2.14. The first-order chi connectivity index (χ1) is 11.5.